The second kappa shape index (κ2) is 6.84. The predicted octanol–water partition coefficient (Wildman–Crippen LogP) is 4.51. The first-order valence-corrected chi connectivity index (χ1v) is 8.58. The van der Waals surface area contributed by atoms with Crippen LogP contribution in [0.3, 0.4) is 0 Å². The minimum absolute atomic E-state index is 0.0293. The molecule has 0 atom stereocenters. The van der Waals surface area contributed by atoms with Gasteiger partial charge in [-0.3, -0.25) is 9.59 Å². The highest BCUT2D eigenvalue weighted by atomic mass is 32.2. The third-order valence-electron chi connectivity index (χ3n) is 2.45. The van der Waals surface area contributed by atoms with Gasteiger partial charge < -0.3 is 0 Å². The molecule has 2 aromatic rings. The third-order valence-corrected chi connectivity index (χ3v) is 5.03. The first-order chi connectivity index (χ1) is 9.20. The van der Waals surface area contributed by atoms with Gasteiger partial charge in [-0.05, 0) is 40.1 Å². The van der Waals surface area contributed by atoms with Gasteiger partial charge in [-0.1, -0.05) is 12.1 Å². The Labute approximate surface area is 124 Å². The van der Waals surface area contributed by atoms with Crippen LogP contribution in [0.15, 0.2) is 46.0 Å². The monoisotopic (exact) mass is 308 g/mol. The lowest BCUT2D eigenvalue weighted by Gasteiger charge is -2.01. The number of carbonyl (C=O) groups excluding carboxylic acids is 2. The summed E-state index contributed by atoms with van der Waals surface area (Å²) in [4.78, 5) is 26.2. The van der Waals surface area contributed by atoms with Gasteiger partial charge in [0.1, 0.15) is 0 Å². The third kappa shape index (κ3) is 3.89. The number of hydrogen-bond acceptors (Lipinski definition) is 5. The van der Waals surface area contributed by atoms with E-state index < -0.39 is 0 Å². The molecule has 0 saturated carbocycles. The van der Waals surface area contributed by atoms with Crippen LogP contribution in [0.25, 0.3) is 0 Å². The number of rotatable bonds is 6. The fraction of sp³-hybridized carbons (Fsp3) is 0.143. The van der Waals surface area contributed by atoms with E-state index in [4.69, 9.17) is 0 Å². The fourth-order valence-electron chi connectivity index (χ4n) is 1.50. The number of Topliss-reactive ketones (excluding diaryl/α,β-unsaturated/α-hetero) is 1. The van der Waals surface area contributed by atoms with Gasteiger partial charge in [-0.2, -0.15) is 0 Å². The zero-order valence-corrected chi connectivity index (χ0v) is 12.7. The lowest BCUT2D eigenvalue weighted by Crippen LogP contribution is -1.99. The highest BCUT2D eigenvalue weighted by Crippen LogP contribution is 2.22. The average molecular weight is 308 g/mol. The molecule has 2 aromatic heterocycles. The van der Waals surface area contributed by atoms with Crippen LogP contribution in [-0.2, 0) is 0 Å². The molecule has 0 bridgehead atoms. The molecule has 98 valence electrons. The summed E-state index contributed by atoms with van der Waals surface area (Å²) in [6.07, 6.45) is 3.75. The molecule has 0 aromatic carbocycles. The number of thiophene rings is 2. The van der Waals surface area contributed by atoms with Gasteiger partial charge in [0.15, 0.2) is 11.6 Å². The quantitative estimate of drug-likeness (QED) is 0.581. The van der Waals surface area contributed by atoms with Crippen LogP contribution in [0.5, 0.6) is 0 Å². The van der Waals surface area contributed by atoms with E-state index in [1.54, 1.807) is 12.1 Å². The first-order valence-electron chi connectivity index (χ1n) is 5.60. The van der Waals surface area contributed by atoms with Crippen molar-refractivity contribution in [2.24, 2.45) is 0 Å². The standard InChI is InChI=1S/C14H12O2S3/c1-17-10(8-11(15)13-4-2-6-18-13)9-12(16)14-5-3-7-19-14/h2-8H,9H2,1H3. The van der Waals surface area contributed by atoms with Crippen LogP contribution in [0, 0.1) is 0 Å². The Morgan fingerprint density at radius 3 is 2.32 bits per heavy atom. The Morgan fingerprint density at radius 2 is 1.79 bits per heavy atom. The Hall–Kier alpha value is -1.17. The molecule has 2 nitrogen and oxygen atoms in total. The first kappa shape index (κ1) is 14.2. The van der Waals surface area contributed by atoms with Crippen molar-refractivity contribution in [1.82, 2.24) is 0 Å². The summed E-state index contributed by atoms with van der Waals surface area (Å²) in [5.41, 5.74) is 0. The maximum absolute atomic E-state index is 12.0. The van der Waals surface area contributed by atoms with E-state index in [0.29, 0.717) is 11.3 Å². The second-order valence-electron chi connectivity index (χ2n) is 3.73. The largest absolute Gasteiger partial charge is 0.293 e. The van der Waals surface area contributed by atoms with Crippen molar-refractivity contribution in [1.29, 1.82) is 0 Å². The van der Waals surface area contributed by atoms with Crippen LogP contribution in [0.4, 0.5) is 0 Å². The maximum Gasteiger partial charge on any atom is 0.196 e. The van der Waals surface area contributed by atoms with E-state index in [0.717, 1.165) is 9.78 Å². The minimum Gasteiger partial charge on any atom is -0.293 e. The number of allylic oxidation sites excluding steroid dienone is 2. The van der Waals surface area contributed by atoms with Crippen LogP contribution in [-0.4, -0.2) is 17.8 Å². The molecular formula is C14H12O2S3. The second-order valence-corrected chi connectivity index (χ2v) is 6.56. The molecule has 0 amide bonds. The van der Waals surface area contributed by atoms with Crippen molar-refractivity contribution < 1.29 is 9.59 Å². The van der Waals surface area contributed by atoms with Crippen molar-refractivity contribution in [2.75, 3.05) is 6.26 Å². The molecule has 19 heavy (non-hydrogen) atoms. The molecule has 0 aliphatic carbocycles. The average Bonchev–Trinajstić information content (AvgIpc) is 3.09. The van der Waals surface area contributed by atoms with Crippen LogP contribution in [0.1, 0.15) is 25.8 Å². The number of carbonyl (C=O) groups is 2. The van der Waals surface area contributed by atoms with Crippen molar-refractivity contribution >= 4 is 46.0 Å². The number of thioether (sulfide) groups is 1. The Morgan fingerprint density at radius 1 is 1.16 bits per heavy atom. The zero-order chi connectivity index (χ0) is 13.7. The molecule has 0 unspecified atom stereocenters. The summed E-state index contributed by atoms with van der Waals surface area (Å²) < 4.78 is 0. The van der Waals surface area contributed by atoms with Crippen molar-refractivity contribution in [2.45, 2.75) is 6.42 Å². The number of hydrogen-bond donors (Lipinski definition) is 0. The van der Waals surface area contributed by atoms with Gasteiger partial charge in [0.2, 0.25) is 0 Å². The molecule has 5 heteroatoms. The fourth-order valence-corrected chi connectivity index (χ4v) is 3.30. The summed E-state index contributed by atoms with van der Waals surface area (Å²) in [5, 5.41) is 3.75. The molecule has 0 fully saturated rings. The van der Waals surface area contributed by atoms with Crippen LogP contribution in [0.2, 0.25) is 0 Å². The van der Waals surface area contributed by atoms with Crippen LogP contribution < -0.4 is 0 Å². The molecule has 0 N–H and O–H groups in total. The summed E-state index contributed by atoms with van der Waals surface area (Å²) in [7, 11) is 0. The summed E-state index contributed by atoms with van der Waals surface area (Å²) in [6.45, 7) is 0. The molecule has 0 saturated heterocycles. The van der Waals surface area contributed by atoms with E-state index in [-0.39, 0.29) is 11.6 Å². The molecule has 2 heterocycles. The van der Waals surface area contributed by atoms with Crippen molar-refractivity contribution in [3.05, 3.63) is 55.8 Å². The van der Waals surface area contributed by atoms with Gasteiger partial charge in [-0.25, -0.2) is 0 Å². The zero-order valence-electron chi connectivity index (χ0n) is 10.3. The lowest BCUT2D eigenvalue weighted by atomic mass is 10.2. The smallest absolute Gasteiger partial charge is 0.196 e. The van der Waals surface area contributed by atoms with E-state index in [9.17, 15) is 9.59 Å². The Kier molecular flexibility index (Phi) is 5.13. The lowest BCUT2D eigenvalue weighted by molar-refractivity contribution is 0.0999. The Balaban J connectivity index is 2.08. The Bertz CT molecular complexity index is 580. The number of ketones is 2. The van der Waals surface area contributed by atoms with E-state index in [1.807, 2.05) is 35.2 Å². The van der Waals surface area contributed by atoms with E-state index >= 15 is 0 Å². The van der Waals surface area contributed by atoms with Gasteiger partial charge in [0.25, 0.3) is 0 Å². The van der Waals surface area contributed by atoms with Crippen LogP contribution >= 0.6 is 34.4 Å². The van der Waals surface area contributed by atoms with Gasteiger partial charge >= 0.3 is 0 Å². The summed E-state index contributed by atoms with van der Waals surface area (Å²) in [5.74, 6) is 0.0351. The molecule has 0 aliphatic rings. The molecule has 0 aliphatic heterocycles. The molecule has 2 rings (SSSR count). The van der Waals surface area contributed by atoms with Crippen molar-refractivity contribution in [3.63, 3.8) is 0 Å². The van der Waals surface area contributed by atoms with E-state index in [2.05, 4.69) is 0 Å². The molecule has 0 spiro atoms. The highest BCUT2D eigenvalue weighted by molar-refractivity contribution is 8.02. The normalized spacial score (nSPS) is 11.5. The molecule has 0 radical (unpaired) electrons. The predicted molar refractivity (Wildman–Crippen MR) is 83.5 cm³/mol. The molecular weight excluding hydrogens is 296 g/mol. The van der Waals surface area contributed by atoms with Gasteiger partial charge in [-0.15, -0.1) is 34.4 Å². The minimum atomic E-state index is -0.0293. The van der Waals surface area contributed by atoms with Gasteiger partial charge in [0, 0.05) is 6.42 Å². The summed E-state index contributed by atoms with van der Waals surface area (Å²) >= 11 is 4.29. The highest BCUT2D eigenvalue weighted by Gasteiger charge is 2.12. The maximum atomic E-state index is 12.0. The SMILES string of the molecule is CSC(=CC(=O)c1cccs1)CC(=O)c1cccs1. The topological polar surface area (TPSA) is 34.1 Å². The van der Waals surface area contributed by atoms with Crippen molar-refractivity contribution in [3.8, 4) is 0 Å². The van der Waals surface area contributed by atoms with Gasteiger partial charge in [0.05, 0.1) is 9.75 Å². The summed E-state index contributed by atoms with van der Waals surface area (Å²) in [6, 6.07) is 7.31. The van der Waals surface area contributed by atoms with E-state index in [1.165, 1.54) is 34.4 Å².